The summed E-state index contributed by atoms with van der Waals surface area (Å²) in [5.74, 6) is 0.551. The molecule has 0 fully saturated rings. The van der Waals surface area contributed by atoms with Crippen LogP contribution in [0.3, 0.4) is 0 Å². The van der Waals surface area contributed by atoms with E-state index in [1.807, 2.05) is 0 Å². The predicted molar refractivity (Wildman–Crippen MR) is 87.5 cm³/mol. The van der Waals surface area contributed by atoms with E-state index in [4.69, 9.17) is 31.5 Å². The summed E-state index contributed by atoms with van der Waals surface area (Å²) in [6.07, 6.45) is -0.938. The first kappa shape index (κ1) is 19.8. The second-order valence-electron chi connectivity index (χ2n) is 4.85. The van der Waals surface area contributed by atoms with Crippen LogP contribution in [0.25, 0.3) is 0 Å². The normalized spacial score (nSPS) is 15.3. The quantitative estimate of drug-likeness (QED) is 0.683. The number of carbonyl (C=O) groups excluding carboxylic acids is 1. The van der Waals surface area contributed by atoms with E-state index >= 15 is 0 Å². The lowest BCUT2D eigenvalue weighted by Crippen LogP contribution is -2.44. The van der Waals surface area contributed by atoms with Crippen molar-refractivity contribution in [2.75, 3.05) is 33.5 Å². The van der Waals surface area contributed by atoms with E-state index in [1.165, 1.54) is 7.11 Å². The summed E-state index contributed by atoms with van der Waals surface area (Å²) >= 11 is 6.11. The third-order valence-electron chi connectivity index (χ3n) is 3.16. The molecule has 7 nitrogen and oxygen atoms in total. The van der Waals surface area contributed by atoms with E-state index in [9.17, 15) is 9.90 Å². The Morgan fingerprint density at radius 2 is 2.17 bits per heavy atom. The summed E-state index contributed by atoms with van der Waals surface area (Å²) in [6.45, 7) is 0.970. The standard InChI is InChI=1S/C14H19ClN2O5.ClH/c1-20-7-10(16)14(19)17-6-11(18)8-4-9(15)13-12(5-8)21-2-3-22-13;/h4-5,10-11,18H,2-3,6-7,16H2,1H3,(H,17,19);1H. The van der Waals surface area contributed by atoms with E-state index in [0.29, 0.717) is 35.3 Å². The fourth-order valence-corrected chi connectivity index (χ4v) is 2.30. The second kappa shape index (κ2) is 9.14. The van der Waals surface area contributed by atoms with Gasteiger partial charge in [0.15, 0.2) is 11.5 Å². The molecule has 0 aromatic heterocycles. The van der Waals surface area contributed by atoms with Crippen LogP contribution >= 0.6 is 24.0 Å². The minimum atomic E-state index is -0.938. The summed E-state index contributed by atoms with van der Waals surface area (Å²) in [5, 5.41) is 13.1. The Hall–Kier alpha value is -1.25. The van der Waals surface area contributed by atoms with Crippen LogP contribution in [0.4, 0.5) is 0 Å². The highest BCUT2D eigenvalue weighted by atomic mass is 35.5. The number of rotatable bonds is 6. The molecule has 23 heavy (non-hydrogen) atoms. The van der Waals surface area contributed by atoms with Crippen molar-refractivity contribution >= 4 is 29.9 Å². The number of benzene rings is 1. The number of aliphatic hydroxyl groups excluding tert-OH is 1. The van der Waals surface area contributed by atoms with Crippen molar-refractivity contribution in [3.05, 3.63) is 22.7 Å². The zero-order valence-corrected chi connectivity index (χ0v) is 14.2. The zero-order valence-electron chi connectivity index (χ0n) is 12.6. The predicted octanol–water partition coefficient (Wildman–Crippen LogP) is 0.656. The van der Waals surface area contributed by atoms with E-state index in [2.05, 4.69) is 5.32 Å². The Morgan fingerprint density at radius 3 is 2.87 bits per heavy atom. The van der Waals surface area contributed by atoms with Crippen LogP contribution in [0.5, 0.6) is 11.5 Å². The Morgan fingerprint density at radius 1 is 1.48 bits per heavy atom. The highest BCUT2D eigenvalue weighted by molar-refractivity contribution is 6.32. The molecule has 130 valence electrons. The lowest BCUT2D eigenvalue weighted by atomic mass is 10.1. The average molecular weight is 367 g/mol. The monoisotopic (exact) mass is 366 g/mol. The van der Waals surface area contributed by atoms with Gasteiger partial charge in [0.2, 0.25) is 5.91 Å². The summed E-state index contributed by atoms with van der Waals surface area (Å²) in [7, 11) is 1.46. The molecule has 9 heteroatoms. The summed E-state index contributed by atoms with van der Waals surface area (Å²) in [4.78, 5) is 11.7. The highest BCUT2D eigenvalue weighted by Crippen LogP contribution is 2.39. The molecule has 0 bridgehead atoms. The number of carbonyl (C=O) groups is 1. The highest BCUT2D eigenvalue weighted by Gasteiger charge is 2.20. The van der Waals surface area contributed by atoms with Gasteiger partial charge in [0.05, 0.1) is 17.7 Å². The van der Waals surface area contributed by atoms with Gasteiger partial charge in [0.25, 0.3) is 0 Å². The molecule has 1 aliphatic rings. The largest absolute Gasteiger partial charge is 0.486 e. The summed E-state index contributed by atoms with van der Waals surface area (Å²) in [6, 6.07) is 2.45. The molecular formula is C14H20Cl2N2O5. The number of halogens is 2. The molecule has 1 heterocycles. The fourth-order valence-electron chi connectivity index (χ4n) is 2.02. The SMILES string of the molecule is COCC(N)C(=O)NCC(O)c1cc(Cl)c2c(c1)OCCO2.Cl. The van der Waals surface area contributed by atoms with Gasteiger partial charge in [0, 0.05) is 13.7 Å². The van der Waals surface area contributed by atoms with Crippen molar-refractivity contribution in [1.82, 2.24) is 5.32 Å². The molecule has 1 amide bonds. The maximum Gasteiger partial charge on any atom is 0.239 e. The maximum absolute atomic E-state index is 11.7. The molecule has 0 radical (unpaired) electrons. The summed E-state index contributed by atoms with van der Waals surface area (Å²) < 4.78 is 15.7. The minimum Gasteiger partial charge on any atom is -0.486 e. The van der Waals surface area contributed by atoms with Gasteiger partial charge in [-0.2, -0.15) is 0 Å². The minimum absolute atomic E-state index is 0. The second-order valence-corrected chi connectivity index (χ2v) is 5.26. The molecule has 2 rings (SSSR count). The van der Waals surface area contributed by atoms with Gasteiger partial charge < -0.3 is 30.4 Å². The van der Waals surface area contributed by atoms with Crippen LogP contribution < -0.4 is 20.5 Å². The van der Waals surface area contributed by atoms with Gasteiger partial charge in [-0.25, -0.2) is 0 Å². The van der Waals surface area contributed by atoms with E-state index in [0.717, 1.165) is 0 Å². The fraction of sp³-hybridized carbons (Fsp3) is 0.500. The maximum atomic E-state index is 11.7. The lowest BCUT2D eigenvalue weighted by Gasteiger charge is -2.22. The first-order chi connectivity index (χ1) is 10.5. The summed E-state index contributed by atoms with van der Waals surface area (Å²) in [5.41, 5.74) is 6.11. The molecule has 1 aliphatic heterocycles. The van der Waals surface area contributed by atoms with Crippen molar-refractivity contribution in [2.24, 2.45) is 5.73 Å². The van der Waals surface area contributed by atoms with Crippen LogP contribution in [-0.2, 0) is 9.53 Å². The van der Waals surface area contributed by atoms with Crippen molar-refractivity contribution in [1.29, 1.82) is 0 Å². The molecule has 1 aromatic rings. The number of nitrogens with two attached hydrogens (primary N) is 1. The molecular weight excluding hydrogens is 347 g/mol. The van der Waals surface area contributed by atoms with Crippen molar-refractivity contribution in [3.8, 4) is 11.5 Å². The Kier molecular flexibility index (Phi) is 7.87. The Balaban J connectivity index is 0.00000264. The van der Waals surface area contributed by atoms with Gasteiger partial charge in [-0.1, -0.05) is 11.6 Å². The topological polar surface area (TPSA) is 103 Å². The number of hydrogen-bond acceptors (Lipinski definition) is 6. The number of nitrogens with one attached hydrogen (secondary N) is 1. The number of aliphatic hydroxyl groups is 1. The first-order valence-electron chi connectivity index (χ1n) is 6.82. The number of amides is 1. The van der Waals surface area contributed by atoms with Crippen LogP contribution in [0.2, 0.25) is 5.02 Å². The van der Waals surface area contributed by atoms with E-state index in [1.54, 1.807) is 12.1 Å². The number of fused-ring (bicyclic) bond motifs is 1. The third-order valence-corrected chi connectivity index (χ3v) is 3.44. The molecule has 0 spiro atoms. The molecule has 2 atom stereocenters. The van der Waals surface area contributed by atoms with Gasteiger partial charge in [-0.05, 0) is 17.7 Å². The number of ether oxygens (including phenoxy) is 3. The Labute approximate surface area is 145 Å². The Bertz CT molecular complexity index is 544. The number of hydrogen-bond donors (Lipinski definition) is 3. The van der Waals surface area contributed by atoms with Crippen LogP contribution in [-0.4, -0.2) is 50.5 Å². The van der Waals surface area contributed by atoms with Gasteiger partial charge in [-0.3, -0.25) is 4.79 Å². The van der Waals surface area contributed by atoms with Crippen molar-refractivity contribution in [2.45, 2.75) is 12.1 Å². The first-order valence-corrected chi connectivity index (χ1v) is 7.20. The van der Waals surface area contributed by atoms with Crippen molar-refractivity contribution < 1.29 is 24.1 Å². The molecule has 4 N–H and O–H groups in total. The molecule has 2 unspecified atom stereocenters. The van der Waals surface area contributed by atoms with Gasteiger partial charge in [0.1, 0.15) is 19.3 Å². The van der Waals surface area contributed by atoms with Gasteiger partial charge >= 0.3 is 0 Å². The molecule has 1 aromatic carbocycles. The number of methoxy groups -OCH3 is 1. The van der Waals surface area contributed by atoms with Crippen molar-refractivity contribution in [3.63, 3.8) is 0 Å². The van der Waals surface area contributed by atoms with Gasteiger partial charge in [-0.15, -0.1) is 12.4 Å². The average Bonchev–Trinajstić information content (AvgIpc) is 2.52. The van der Waals surface area contributed by atoms with E-state index < -0.39 is 18.1 Å². The zero-order chi connectivity index (χ0) is 16.1. The smallest absolute Gasteiger partial charge is 0.239 e. The molecule has 0 aliphatic carbocycles. The lowest BCUT2D eigenvalue weighted by molar-refractivity contribution is -0.123. The van der Waals surface area contributed by atoms with Crippen LogP contribution in [0.15, 0.2) is 12.1 Å². The van der Waals surface area contributed by atoms with E-state index in [-0.39, 0.29) is 25.6 Å². The third kappa shape index (κ3) is 5.12. The van der Waals surface area contributed by atoms with Crippen LogP contribution in [0.1, 0.15) is 11.7 Å². The molecule has 0 saturated heterocycles. The molecule has 0 saturated carbocycles. The van der Waals surface area contributed by atoms with Crippen LogP contribution in [0, 0.1) is 0 Å².